The van der Waals surface area contributed by atoms with Crippen molar-refractivity contribution >= 4 is 29.4 Å². The van der Waals surface area contributed by atoms with Crippen LogP contribution in [0.5, 0.6) is 5.75 Å². The number of amides is 1. The number of benzene rings is 1. The van der Waals surface area contributed by atoms with Crippen LogP contribution in [-0.2, 0) is 14.2 Å². The van der Waals surface area contributed by atoms with Crippen LogP contribution in [0, 0.1) is 10.1 Å². The van der Waals surface area contributed by atoms with Crippen LogP contribution in [0.3, 0.4) is 0 Å². The first-order valence-electron chi connectivity index (χ1n) is 9.72. The van der Waals surface area contributed by atoms with Crippen LogP contribution >= 0.6 is 11.6 Å². The Balaban J connectivity index is 2.44. The fourth-order valence-corrected chi connectivity index (χ4v) is 2.57. The molecule has 0 aliphatic rings. The average Bonchev–Trinajstić information content (AvgIpc) is 2.66. The first-order chi connectivity index (χ1) is 14.4. The number of carbonyl (C=O) groups excluding carboxylic acids is 2. The lowest BCUT2D eigenvalue weighted by atomic mass is 10.2. The molecular formula is C20H29ClN2O8. The van der Waals surface area contributed by atoms with E-state index in [9.17, 15) is 19.7 Å². The zero-order valence-electron chi connectivity index (χ0n) is 18.4. The van der Waals surface area contributed by atoms with Gasteiger partial charge >= 0.3 is 12.1 Å². The zero-order chi connectivity index (χ0) is 23.6. The summed E-state index contributed by atoms with van der Waals surface area (Å²) in [5, 5.41) is 13.6. The summed E-state index contributed by atoms with van der Waals surface area (Å²) >= 11 is 6.03. The molecule has 0 aliphatic heterocycles. The number of rotatable bonds is 11. The van der Waals surface area contributed by atoms with Crippen LogP contribution in [-0.4, -0.2) is 55.6 Å². The molecule has 1 rings (SSSR count). The molecule has 0 aromatic heterocycles. The van der Waals surface area contributed by atoms with Crippen LogP contribution < -0.4 is 10.1 Å². The van der Waals surface area contributed by atoms with Crippen LogP contribution in [0.1, 0.15) is 50.9 Å². The first kappa shape index (κ1) is 26.4. The minimum absolute atomic E-state index is 0.0185. The van der Waals surface area contributed by atoms with Gasteiger partial charge in [0.1, 0.15) is 11.4 Å². The summed E-state index contributed by atoms with van der Waals surface area (Å²) in [4.78, 5) is 33.7. The van der Waals surface area contributed by atoms with Crippen molar-refractivity contribution in [3.05, 3.63) is 32.8 Å². The highest BCUT2D eigenvalue weighted by Gasteiger charge is 2.22. The monoisotopic (exact) mass is 460 g/mol. The van der Waals surface area contributed by atoms with E-state index in [0.29, 0.717) is 26.0 Å². The van der Waals surface area contributed by atoms with Gasteiger partial charge in [0.15, 0.2) is 5.02 Å². The molecule has 11 heteroatoms. The van der Waals surface area contributed by atoms with Gasteiger partial charge in [-0.25, -0.2) is 9.59 Å². The summed E-state index contributed by atoms with van der Waals surface area (Å²) in [6.07, 6.45) is 0.434. The van der Waals surface area contributed by atoms with E-state index in [-0.39, 0.29) is 29.0 Å². The third kappa shape index (κ3) is 9.84. The van der Waals surface area contributed by atoms with Crippen molar-refractivity contribution in [1.82, 2.24) is 5.32 Å². The highest BCUT2D eigenvalue weighted by molar-refractivity contribution is 6.34. The Hall–Kier alpha value is -2.59. The van der Waals surface area contributed by atoms with Gasteiger partial charge in [0.25, 0.3) is 5.69 Å². The molecule has 1 N–H and O–H groups in total. The molecule has 0 heterocycles. The van der Waals surface area contributed by atoms with E-state index in [0.717, 1.165) is 6.07 Å². The minimum Gasteiger partial charge on any atom is -0.492 e. The molecule has 174 valence electrons. The van der Waals surface area contributed by atoms with E-state index in [1.165, 1.54) is 13.2 Å². The number of alkyl carbamates (subject to hydrolysis) is 1. The van der Waals surface area contributed by atoms with Gasteiger partial charge in [-0.3, -0.25) is 10.1 Å². The molecule has 0 bridgehead atoms. The third-order valence-electron chi connectivity index (χ3n) is 3.81. The van der Waals surface area contributed by atoms with Gasteiger partial charge in [-0.15, -0.1) is 0 Å². The Labute approximate surface area is 186 Å². The predicted octanol–water partition coefficient (Wildman–Crippen LogP) is 4.12. The molecule has 0 fully saturated rings. The summed E-state index contributed by atoms with van der Waals surface area (Å²) in [6, 6.07) is 2.34. The summed E-state index contributed by atoms with van der Waals surface area (Å²) in [5.41, 5.74) is -1.02. The molecule has 0 radical (unpaired) electrons. The fraction of sp³-hybridized carbons (Fsp3) is 0.600. The number of nitrogens with one attached hydrogen (secondary N) is 1. The van der Waals surface area contributed by atoms with Gasteiger partial charge in [-0.2, -0.15) is 0 Å². The van der Waals surface area contributed by atoms with Crippen molar-refractivity contribution in [1.29, 1.82) is 0 Å². The quantitative estimate of drug-likeness (QED) is 0.226. The van der Waals surface area contributed by atoms with Crippen molar-refractivity contribution in [3.8, 4) is 5.75 Å². The largest absolute Gasteiger partial charge is 0.492 e. The molecule has 10 nitrogen and oxygen atoms in total. The normalized spacial score (nSPS) is 12.1. The Morgan fingerprint density at radius 2 is 1.94 bits per heavy atom. The molecule has 1 amide bonds. The van der Waals surface area contributed by atoms with Crippen LogP contribution in [0.4, 0.5) is 10.5 Å². The van der Waals surface area contributed by atoms with E-state index in [4.69, 9.17) is 25.8 Å². The standard InChI is InChI=1S/C20H29ClN2O8/c1-13(29-9-6-8-22-19(25)31-20(2,3)4)7-10-30-16-12-14(18(24)28-5)11-15(17(16)21)23(26)27/h11-13H,6-10H2,1-5H3,(H,22,25). The van der Waals surface area contributed by atoms with E-state index in [1.54, 1.807) is 20.8 Å². The smallest absolute Gasteiger partial charge is 0.407 e. The SMILES string of the molecule is COC(=O)c1cc(OCCC(C)OCCCNC(=O)OC(C)(C)C)c(Cl)c([N+](=O)[O-])c1. The molecule has 1 aromatic carbocycles. The van der Waals surface area contributed by atoms with Crippen molar-refractivity contribution < 1.29 is 33.5 Å². The summed E-state index contributed by atoms with van der Waals surface area (Å²) in [7, 11) is 1.17. The molecule has 1 aromatic rings. The minimum atomic E-state index is -0.735. The van der Waals surface area contributed by atoms with E-state index < -0.39 is 28.3 Å². The molecule has 31 heavy (non-hydrogen) atoms. The number of halogens is 1. The third-order valence-corrected chi connectivity index (χ3v) is 4.19. The van der Waals surface area contributed by atoms with Crippen molar-refractivity contribution in [2.75, 3.05) is 26.9 Å². The number of esters is 1. The highest BCUT2D eigenvalue weighted by atomic mass is 35.5. The second-order valence-corrected chi connectivity index (χ2v) is 8.03. The van der Waals surface area contributed by atoms with Gasteiger partial charge in [0.2, 0.25) is 0 Å². The first-order valence-corrected chi connectivity index (χ1v) is 10.1. The number of carbonyl (C=O) groups is 2. The number of ether oxygens (including phenoxy) is 4. The second kappa shape index (κ2) is 12.3. The van der Waals surface area contributed by atoms with Gasteiger partial charge in [-0.05, 0) is 40.2 Å². The van der Waals surface area contributed by atoms with Gasteiger partial charge in [0, 0.05) is 25.6 Å². The second-order valence-electron chi connectivity index (χ2n) is 7.66. The maximum Gasteiger partial charge on any atom is 0.407 e. The number of nitrogens with zero attached hydrogens (tertiary/aromatic N) is 1. The topological polar surface area (TPSA) is 126 Å². The van der Waals surface area contributed by atoms with Crippen molar-refractivity contribution in [3.63, 3.8) is 0 Å². The number of hydrogen-bond acceptors (Lipinski definition) is 8. The van der Waals surface area contributed by atoms with E-state index in [1.807, 2.05) is 6.92 Å². The van der Waals surface area contributed by atoms with Gasteiger partial charge in [0.05, 0.1) is 30.3 Å². The van der Waals surface area contributed by atoms with Crippen molar-refractivity contribution in [2.45, 2.75) is 52.2 Å². The highest BCUT2D eigenvalue weighted by Crippen LogP contribution is 2.35. The lowest BCUT2D eigenvalue weighted by Crippen LogP contribution is -2.33. The Bertz CT molecular complexity index is 779. The summed E-state index contributed by atoms with van der Waals surface area (Å²) in [6.45, 7) is 8.21. The van der Waals surface area contributed by atoms with Crippen LogP contribution in [0.2, 0.25) is 5.02 Å². The molecule has 0 spiro atoms. The molecule has 1 atom stereocenters. The molecule has 0 saturated carbocycles. The van der Waals surface area contributed by atoms with Crippen molar-refractivity contribution in [2.24, 2.45) is 0 Å². The Morgan fingerprint density at radius 3 is 2.52 bits per heavy atom. The maximum atomic E-state index is 11.7. The molecule has 0 aliphatic carbocycles. The van der Waals surface area contributed by atoms with Crippen LogP contribution in [0.25, 0.3) is 0 Å². The van der Waals surface area contributed by atoms with E-state index >= 15 is 0 Å². The summed E-state index contributed by atoms with van der Waals surface area (Å²) < 4.78 is 20.9. The Kier molecular flexibility index (Phi) is 10.5. The van der Waals surface area contributed by atoms with Gasteiger partial charge in [-0.1, -0.05) is 11.6 Å². The maximum absolute atomic E-state index is 11.7. The lowest BCUT2D eigenvalue weighted by molar-refractivity contribution is -0.384. The van der Waals surface area contributed by atoms with E-state index in [2.05, 4.69) is 10.1 Å². The summed E-state index contributed by atoms with van der Waals surface area (Å²) in [5.74, 6) is -0.716. The fourth-order valence-electron chi connectivity index (χ4n) is 2.34. The average molecular weight is 461 g/mol. The number of hydrogen-bond donors (Lipinski definition) is 1. The predicted molar refractivity (Wildman–Crippen MR) is 114 cm³/mol. The molecule has 1 unspecified atom stereocenters. The molecular weight excluding hydrogens is 432 g/mol. The Morgan fingerprint density at radius 1 is 1.26 bits per heavy atom. The van der Waals surface area contributed by atoms with Crippen LogP contribution in [0.15, 0.2) is 12.1 Å². The number of methoxy groups -OCH3 is 1. The van der Waals surface area contributed by atoms with Gasteiger partial charge < -0.3 is 24.3 Å². The zero-order valence-corrected chi connectivity index (χ0v) is 19.1. The molecule has 0 saturated heterocycles. The number of nitro benzene ring substituents is 1. The lowest BCUT2D eigenvalue weighted by Gasteiger charge is -2.19. The number of nitro groups is 1.